The van der Waals surface area contributed by atoms with Gasteiger partial charge < -0.3 is 14.2 Å². The molecule has 0 bridgehead atoms. The van der Waals surface area contributed by atoms with E-state index in [1.807, 2.05) is 50.2 Å². The van der Waals surface area contributed by atoms with Gasteiger partial charge in [0.1, 0.15) is 23.3 Å². The van der Waals surface area contributed by atoms with E-state index >= 15 is 0 Å². The van der Waals surface area contributed by atoms with E-state index in [-0.39, 0.29) is 5.91 Å². The summed E-state index contributed by atoms with van der Waals surface area (Å²) in [6, 6.07) is 11.6. The molecule has 0 atom stereocenters. The van der Waals surface area contributed by atoms with Gasteiger partial charge in [-0.1, -0.05) is 36.1 Å². The molecule has 0 aromatic heterocycles. The third kappa shape index (κ3) is 5.56. The van der Waals surface area contributed by atoms with Crippen LogP contribution in [0.25, 0.3) is 6.08 Å². The van der Waals surface area contributed by atoms with Crippen LogP contribution in [0.5, 0.6) is 17.2 Å². The highest BCUT2D eigenvalue weighted by Crippen LogP contribution is 2.39. The highest BCUT2D eigenvalue weighted by Gasteiger charge is 2.28. The second kappa shape index (κ2) is 10.3. The van der Waals surface area contributed by atoms with Crippen LogP contribution in [-0.2, 0) is 4.79 Å². The van der Waals surface area contributed by atoms with Crippen molar-refractivity contribution in [3.8, 4) is 17.2 Å². The van der Waals surface area contributed by atoms with Crippen LogP contribution in [0, 0.1) is 6.92 Å². The van der Waals surface area contributed by atoms with Gasteiger partial charge in [-0.15, -0.1) is 0 Å². The summed E-state index contributed by atoms with van der Waals surface area (Å²) < 4.78 is 18.7. The first-order valence-electron chi connectivity index (χ1n) is 9.39. The number of carbonyl (C=O) groups excluding carboxylic acids is 1. The van der Waals surface area contributed by atoms with Crippen LogP contribution in [0.1, 0.15) is 18.1 Å². The standard InChI is InChI=1S/C22H22BrNO4S2/c1-4-26-18-12-15(13-19-21(25)24(3)22(29)30-19)11-17(23)20(18)28-9-8-27-16-7-5-6-14(2)10-16/h5-7,10-13H,4,8-9H2,1-3H3/b19-13-. The lowest BCUT2D eigenvalue weighted by atomic mass is 10.2. The van der Waals surface area contributed by atoms with Gasteiger partial charge in [0.2, 0.25) is 0 Å². The summed E-state index contributed by atoms with van der Waals surface area (Å²) >= 11 is 10.0. The summed E-state index contributed by atoms with van der Waals surface area (Å²) in [6.45, 7) is 5.19. The van der Waals surface area contributed by atoms with E-state index in [1.165, 1.54) is 16.7 Å². The molecule has 3 rings (SSSR count). The van der Waals surface area contributed by atoms with Crippen LogP contribution < -0.4 is 14.2 Å². The highest BCUT2D eigenvalue weighted by atomic mass is 79.9. The van der Waals surface area contributed by atoms with Crippen molar-refractivity contribution in [1.29, 1.82) is 0 Å². The minimum absolute atomic E-state index is 0.104. The molecule has 0 unspecified atom stereocenters. The molecule has 1 aliphatic heterocycles. The average molecular weight is 508 g/mol. The number of thioether (sulfide) groups is 1. The number of amides is 1. The minimum atomic E-state index is -0.104. The molecular formula is C22H22BrNO4S2. The van der Waals surface area contributed by atoms with E-state index in [9.17, 15) is 4.79 Å². The third-order valence-corrected chi connectivity index (χ3v) is 6.28. The molecule has 1 amide bonds. The Bertz CT molecular complexity index is 993. The van der Waals surface area contributed by atoms with Crippen molar-refractivity contribution < 1.29 is 19.0 Å². The van der Waals surface area contributed by atoms with Crippen LogP contribution in [0.2, 0.25) is 0 Å². The number of halogens is 1. The van der Waals surface area contributed by atoms with E-state index in [0.29, 0.717) is 40.5 Å². The quantitative estimate of drug-likeness (QED) is 0.269. The first kappa shape index (κ1) is 22.7. The molecule has 158 valence electrons. The summed E-state index contributed by atoms with van der Waals surface area (Å²) in [5.41, 5.74) is 1.97. The monoisotopic (exact) mass is 507 g/mol. The van der Waals surface area contributed by atoms with Gasteiger partial charge in [-0.3, -0.25) is 9.69 Å². The third-order valence-electron chi connectivity index (χ3n) is 4.20. The van der Waals surface area contributed by atoms with E-state index in [0.717, 1.165) is 21.3 Å². The van der Waals surface area contributed by atoms with Crippen LogP contribution in [0.3, 0.4) is 0 Å². The Hall–Kier alpha value is -2.03. The lowest BCUT2D eigenvalue weighted by Crippen LogP contribution is -2.22. The Kier molecular flexibility index (Phi) is 7.80. The number of benzene rings is 2. The molecule has 0 radical (unpaired) electrons. The zero-order valence-electron chi connectivity index (χ0n) is 16.9. The molecular weight excluding hydrogens is 486 g/mol. The largest absolute Gasteiger partial charge is 0.490 e. The zero-order chi connectivity index (χ0) is 21.7. The Morgan fingerprint density at radius 3 is 2.60 bits per heavy atom. The van der Waals surface area contributed by atoms with Gasteiger partial charge in [0, 0.05) is 7.05 Å². The maximum Gasteiger partial charge on any atom is 0.265 e. The van der Waals surface area contributed by atoms with Gasteiger partial charge in [-0.2, -0.15) is 0 Å². The molecule has 0 spiro atoms. The Morgan fingerprint density at radius 1 is 1.17 bits per heavy atom. The summed E-state index contributed by atoms with van der Waals surface area (Å²) in [7, 11) is 1.68. The number of hydrogen-bond donors (Lipinski definition) is 0. The van der Waals surface area contributed by atoms with E-state index in [2.05, 4.69) is 15.9 Å². The number of nitrogens with zero attached hydrogens (tertiary/aromatic N) is 1. The van der Waals surface area contributed by atoms with Crippen molar-refractivity contribution in [3.05, 3.63) is 56.9 Å². The van der Waals surface area contributed by atoms with E-state index in [4.69, 9.17) is 26.4 Å². The van der Waals surface area contributed by atoms with Crippen molar-refractivity contribution in [2.24, 2.45) is 0 Å². The van der Waals surface area contributed by atoms with Crippen LogP contribution in [0.4, 0.5) is 0 Å². The Balaban J connectivity index is 1.72. The van der Waals surface area contributed by atoms with Crippen molar-refractivity contribution in [1.82, 2.24) is 4.90 Å². The van der Waals surface area contributed by atoms with Crippen molar-refractivity contribution in [2.75, 3.05) is 26.9 Å². The van der Waals surface area contributed by atoms with Gasteiger partial charge in [-0.05, 0) is 71.2 Å². The zero-order valence-corrected chi connectivity index (χ0v) is 20.2. The minimum Gasteiger partial charge on any atom is -0.490 e. The van der Waals surface area contributed by atoms with Crippen molar-refractivity contribution >= 4 is 56.2 Å². The molecule has 1 saturated heterocycles. The average Bonchev–Trinajstić information content (AvgIpc) is 2.94. The van der Waals surface area contributed by atoms with Crippen LogP contribution in [-0.4, -0.2) is 42.0 Å². The molecule has 1 fully saturated rings. The number of carbonyl (C=O) groups is 1. The van der Waals surface area contributed by atoms with E-state index in [1.54, 1.807) is 13.1 Å². The predicted molar refractivity (Wildman–Crippen MR) is 128 cm³/mol. The fourth-order valence-electron chi connectivity index (χ4n) is 2.78. The summed E-state index contributed by atoms with van der Waals surface area (Å²) in [5, 5.41) is 0. The van der Waals surface area contributed by atoms with E-state index < -0.39 is 0 Å². The number of thiocarbonyl (C=S) groups is 1. The molecule has 30 heavy (non-hydrogen) atoms. The van der Waals surface area contributed by atoms with Gasteiger partial charge in [-0.25, -0.2) is 0 Å². The molecule has 0 saturated carbocycles. The fraction of sp³-hybridized carbons (Fsp3) is 0.273. The number of likely N-dealkylation sites (N-methyl/N-ethyl adjacent to an activating group) is 1. The maximum atomic E-state index is 12.3. The first-order chi connectivity index (χ1) is 14.4. The second-order valence-electron chi connectivity index (χ2n) is 6.52. The van der Waals surface area contributed by atoms with Gasteiger partial charge >= 0.3 is 0 Å². The molecule has 0 aliphatic carbocycles. The normalized spacial score (nSPS) is 15.1. The Morgan fingerprint density at radius 2 is 1.93 bits per heavy atom. The summed E-state index contributed by atoms with van der Waals surface area (Å²) in [6.07, 6.45) is 1.81. The predicted octanol–water partition coefficient (Wildman–Crippen LogP) is 5.45. The maximum absolute atomic E-state index is 12.3. The molecule has 1 heterocycles. The van der Waals surface area contributed by atoms with Gasteiger partial charge in [0.05, 0.1) is 16.0 Å². The van der Waals surface area contributed by atoms with Crippen molar-refractivity contribution in [2.45, 2.75) is 13.8 Å². The first-order valence-corrected chi connectivity index (χ1v) is 11.4. The molecule has 2 aromatic carbocycles. The number of rotatable bonds is 8. The smallest absolute Gasteiger partial charge is 0.265 e. The SMILES string of the molecule is CCOc1cc(/C=C2\SC(=S)N(C)C2=O)cc(Br)c1OCCOc1cccc(C)c1. The number of aryl methyl sites for hydroxylation is 1. The fourth-order valence-corrected chi connectivity index (χ4v) is 4.53. The van der Waals surface area contributed by atoms with Gasteiger partial charge in [0.25, 0.3) is 5.91 Å². The highest BCUT2D eigenvalue weighted by molar-refractivity contribution is 9.10. The summed E-state index contributed by atoms with van der Waals surface area (Å²) in [5.74, 6) is 1.91. The molecule has 0 N–H and O–H groups in total. The van der Waals surface area contributed by atoms with Crippen molar-refractivity contribution in [3.63, 3.8) is 0 Å². The van der Waals surface area contributed by atoms with Gasteiger partial charge in [0.15, 0.2) is 11.5 Å². The van der Waals surface area contributed by atoms with Crippen LogP contribution in [0.15, 0.2) is 45.8 Å². The molecule has 2 aromatic rings. The molecule has 5 nitrogen and oxygen atoms in total. The number of hydrogen-bond acceptors (Lipinski definition) is 6. The lowest BCUT2D eigenvalue weighted by Gasteiger charge is -2.15. The molecule has 8 heteroatoms. The topological polar surface area (TPSA) is 48.0 Å². The van der Waals surface area contributed by atoms with Crippen LogP contribution >= 0.6 is 39.9 Å². The summed E-state index contributed by atoms with van der Waals surface area (Å²) in [4.78, 5) is 14.3. The Labute approximate surface area is 194 Å². The number of ether oxygens (including phenoxy) is 3. The molecule has 1 aliphatic rings. The lowest BCUT2D eigenvalue weighted by molar-refractivity contribution is -0.121. The second-order valence-corrected chi connectivity index (χ2v) is 9.05.